The molecule has 0 unspecified atom stereocenters. The van der Waals surface area contributed by atoms with Crippen LogP contribution in [0.5, 0.6) is 0 Å². The molecule has 0 spiro atoms. The monoisotopic (exact) mass is 468 g/mol. The number of amides is 2. The minimum absolute atomic E-state index is 0.0125. The molecule has 1 atom stereocenters. The van der Waals surface area contributed by atoms with Crippen LogP contribution in [0.15, 0.2) is 42.7 Å². The van der Waals surface area contributed by atoms with Crippen LogP contribution in [0.4, 0.5) is 10.1 Å². The number of carbonyl (C=O) groups excluding carboxylic acids is 2. The molecule has 1 aliphatic rings. The molecular formula is C25H29FN4O4. The molecule has 8 nitrogen and oxygen atoms in total. The van der Waals surface area contributed by atoms with Gasteiger partial charge >= 0.3 is 0 Å². The standard InChI is InChI=1S/C25H29FN4O4/c1-33-14-20-5-3-4-10-30(20)25(32)21-11-19(28-23(31)15-34-2)12-22-24(21)29(16-27-22)13-17-6-8-18(26)9-7-17/h6-9,11-12,16,20H,3-5,10,13-15H2,1-2H3,(H,28,31)/t20-/m1/s1. The molecule has 180 valence electrons. The van der Waals surface area contributed by atoms with Crippen molar-refractivity contribution in [2.24, 2.45) is 0 Å². The quantitative estimate of drug-likeness (QED) is 0.547. The number of halogens is 1. The first kappa shape index (κ1) is 23.8. The van der Waals surface area contributed by atoms with Gasteiger partial charge in [0.1, 0.15) is 12.4 Å². The Kier molecular flexibility index (Phi) is 7.54. The molecule has 2 heterocycles. The van der Waals surface area contributed by atoms with Crippen molar-refractivity contribution in [3.8, 4) is 0 Å². The predicted octanol–water partition coefficient (Wildman–Crippen LogP) is 3.45. The normalized spacial score (nSPS) is 16.1. The van der Waals surface area contributed by atoms with Crippen LogP contribution in [-0.2, 0) is 20.8 Å². The largest absolute Gasteiger partial charge is 0.383 e. The molecule has 0 aliphatic carbocycles. The number of likely N-dealkylation sites (tertiary alicyclic amines) is 1. The first-order valence-corrected chi connectivity index (χ1v) is 11.3. The molecule has 34 heavy (non-hydrogen) atoms. The van der Waals surface area contributed by atoms with E-state index in [-0.39, 0.29) is 30.3 Å². The maximum absolute atomic E-state index is 13.9. The van der Waals surface area contributed by atoms with Crippen molar-refractivity contribution in [2.45, 2.75) is 31.8 Å². The lowest BCUT2D eigenvalue weighted by atomic mass is 10.0. The van der Waals surface area contributed by atoms with Crippen molar-refractivity contribution in [2.75, 3.05) is 39.3 Å². The molecule has 0 saturated carbocycles. The summed E-state index contributed by atoms with van der Waals surface area (Å²) < 4.78 is 25.5. The van der Waals surface area contributed by atoms with E-state index in [2.05, 4.69) is 10.3 Å². The molecule has 1 fully saturated rings. The number of anilines is 1. The van der Waals surface area contributed by atoms with Crippen LogP contribution in [0.25, 0.3) is 11.0 Å². The number of piperidine rings is 1. The number of aromatic nitrogens is 2. The van der Waals surface area contributed by atoms with Gasteiger partial charge in [0.05, 0.1) is 35.6 Å². The van der Waals surface area contributed by atoms with Gasteiger partial charge < -0.3 is 24.3 Å². The lowest BCUT2D eigenvalue weighted by molar-refractivity contribution is -0.119. The molecule has 9 heteroatoms. The molecule has 1 N–H and O–H groups in total. The zero-order valence-corrected chi connectivity index (χ0v) is 19.4. The molecule has 2 aromatic carbocycles. The number of hydrogen-bond donors (Lipinski definition) is 1. The maximum Gasteiger partial charge on any atom is 0.256 e. The van der Waals surface area contributed by atoms with Crippen LogP contribution < -0.4 is 5.32 Å². The van der Waals surface area contributed by atoms with E-state index in [1.807, 2.05) is 9.47 Å². The van der Waals surface area contributed by atoms with Crippen molar-refractivity contribution in [1.29, 1.82) is 0 Å². The SMILES string of the molecule is COCC(=O)Nc1cc(C(=O)N2CCCC[C@@H]2COC)c2c(c1)ncn2Cc1ccc(F)cc1. The fourth-order valence-corrected chi connectivity index (χ4v) is 4.47. The first-order chi connectivity index (χ1) is 16.5. The van der Waals surface area contributed by atoms with Crippen molar-refractivity contribution < 1.29 is 23.5 Å². The van der Waals surface area contributed by atoms with Crippen LogP contribution in [0.3, 0.4) is 0 Å². The molecule has 3 aromatic rings. The Morgan fingerprint density at radius 2 is 1.94 bits per heavy atom. The maximum atomic E-state index is 13.9. The Labute approximate surface area is 197 Å². The van der Waals surface area contributed by atoms with Crippen molar-refractivity contribution in [3.63, 3.8) is 0 Å². The minimum atomic E-state index is -0.318. The second kappa shape index (κ2) is 10.8. The Bertz CT molecular complexity index is 1160. The minimum Gasteiger partial charge on any atom is -0.383 e. The Hall–Kier alpha value is -3.30. The lowest BCUT2D eigenvalue weighted by Gasteiger charge is -2.35. The van der Waals surface area contributed by atoms with Gasteiger partial charge in [-0.15, -0.1) is 0 Å². The van der Waals surface area contributed by atoms with E-state index in [1.54, 1.807) is 37.7 Å². The van der Waals surface area contributed by atoms with Crippen LogP contribution in [0.2, 0.25) is 0 Å². The van der Waals surface area contributed by atoms with Crippen LogP contribution >= 0.6 is 0 Å². The second-order valence-electron chi connectivity index (χ2n) is 8.48. The van der Waals surface area contributed by atoms with E-state index < -0.39 is 0 Å². The van der Waals surface area contributed by atoms with Gasteiger partial charge in [-0.1, -0.05) is 12.1 Å². The number of methoxy groups -OCH3 is 2. The van der Waals surface area contributed by atoms with Crippen LogP contribution in [0.1, 0.15) is 35.2 Å². The summed E-state index contributed by atoms with van der Waals surface area (Å²) in [6.07, 6.45) is 4.51. The zero-order valence-electron chi connectivity index (χ0n) is 19.4. The number of imidazole rings is 1. The highest BCUT2D eigenvalue weighted by molar-refractivity contribution is 6.07. The fraction of sp³-hybridized carbons (Fsp3) is 0.400. The topological polar surface area (TPSA) is 85.7 Å². The van der Waals surface area contributed by atoms with Gasteiger partial charge in [-0.25, -0.2) is 9.37 Å². The molecule has 1 aromatic heterocycles. The van der Waals surface area contributed by atoms with E-state index in [0.29, 0.717) is 42.0 Å². The Morgan fingerprint density at radius 1 is 1.15 bits per heavy atom. The number of nitrogens with one attached hydrogen (secondary N) is 1. The third-order valence-electron chi connectivity index (χ3n) is 6.02. The molecular weight excluding hydrogens is 439 g/mol. The molecule has 1 saturated heterocycles. The van der Waals surface area contributed by atoms with Crippen molar-refractivity contribution in [1.82, 2.24) is 14.5 Å². The van der Waals surface area contributed by atoms with Crippen LogP contribution in [-0.4, -0.2) is 66.3 Å². The van der Waals surface area contributed by atoms with Gasteiger partial charge in [0.2, 0.25) is 5.91 Å². The summed E-state index contributed by atoms with van der Waals surface area (Å²) in [4.78, 5) is 32.4. The second-order valence-corrected chi connectivity index (χ2v) is 8.48. The summed E-state index contributed by atoms with van der Waals surface area (Å²) in [6.45, 7) is 1.44. The van der Waals surface area contributed by atoms with Gasteiger partial charge in [-0.3, -0.25) is 9.59 Å². The third kappa shape index (κ3) is 5.26. The van der Waals surface area contributed by atoms with E-state index in [1.165, 1.54) is 19.2 Å². The summed E-state index contributed by atoms with van der Waals surface area (Å²) in [5.41, 5.74) is 3.06. The Morgan fingerprint density at radius 3 is 2.68 bits per heavy atom. The molecule has 0 radical (unpaired) electrons. The van der Waals surface area contributed by atoms with Gasteiger partial charge in [-0.2, -0.15) is 0 Å². The number of hydrogen-bond acceptors (Lipinski definition) is 5. The Balaban J connectivity index is 1.76. The van der Waals surface area contributed by atoms with E-state index in [9.17, 15) is 14.0 Å². The predicted molar refractivity (Wildman–Crippen MR) is 126 cm³/mol. The number of ether oxygens (including phenoxy) is 2. The number of benzene rings is 2. The smallest absolute Gasteiger partial charge is 0.256 e. The summed E-state index contributed by atoms with van der Waals surface area (Å²) in [5, 5.41) is 2.78. The number of nitrogens with zero attached hydrogens (tertiary/aromatic N) is 3. The number of rotatable bonds is 8. The van der Waals surface area contributed by atoms with E-state index >= 15 is 0 Å². The summed E-state index contributed by atoms with van der Waals surface area (Å²) in [5.74, 6) is -0.752. The summed E-state index contributed by atoms with van der Waals surface area (Å²) in [6, 6.07) is 9.66. The van der Waals surface area contributed by atoms with Gasteiger partial charge in [0, 0.05) is 33.0 Å². The zero-order chi connectivity index (χ0) is 24.1. The van der Waals surface area contributed by atoms with Crippen molar-refractivity contribution in [3.05, 3.63) is 59.7 Å². The molecule has 0 bridgehead atoms. The third-order valence-corrected chi connectivity index (χ3v) is 6.02. The van der Waals surface area contributed by atoms with Gasteiger partial charge in [-0.05, 0) is 49.1 Å². The molecule has 2 amide bonds. The summed E-state index contributed by atoms with van der Waals surface area (Å²) >= 11 is 0. The molecule has 1 aliphatic heterocycles. The lowest BCUT2D eigenvalue weighted by Crippen LogP contribution is -2.46. The average Bonchev–Trinajstić information content (AvgIpc) is 3.23. The number of fused-ring (bicyclic) bond motifs is 1. The summed E-state index contributed by atoms with van der Waals surface area (Å²) in [7, 11) is 3.08. The van der Waals surface area contributed by atoms with Crippen LogP contribution in [0, 0.1) is 5.82 Å². The average molecular weight is 469 g/mol. The highest BCUT2D eigenvalue weighted by atomic mass is 19.1. The highest BCUT2D eigenvalue weighted by Crippen LogP contribution is 2.28. The number of carbonyl (C=O) groups is 2. The fourth-order valence-electron chi connectivity index (χ4n) is 4.47. The molecule has 4 rings (SSSR count). The van der Waals surface area contributed by atoms with Gasteiger partial charge in [0.25, 0.3) is 5.91 Å². The van der Waals surface area contributed by atoms with Crippen molar-refractivity contribution >= 4 is 28.5 Å². The van der Waals surface area contributed by atoms with Gasteiger partial charge in [0.15, 0.2) is 0 Å². The highest BCUT2D eigenvalue weighted by Gasteiger charge is 2.30. The van der Waals surface area contributed by atoms with E-state index in [0.717, 1.165) is 24.8 Å². The first-order valence-electron chi connectivity index (χ1n) is 11.3. The van der Waals surface area contributed by atoms with E-state index in [4.69, 9.17) is 9.47 Å².